The molecule has 1 saturated heterocycles. The smallest absolute Gasteiger partial charge is 0.232 e. The Hall–Kier alpha value is -1.58. The van der Waals surface area contributed by atoms with E-state index < -0.39 is 0 Å². The molecule has 0 aromatic heterocycles. The normalized spacial score (nSPS) is 37.4. The van der Waals surface area contributed by atoms with Gasteiger partial charge < -0.3 is 9.80 Å². The Labute approximate surface area is 107 Å². The maximum atomic E-state index is 12.5. The van der Waals surface area contributed by atoms with Crippen LogP contribution in [-0.4, -0.2) is 46.8 Å². The van der Waals surface area contributed by atoms with Crippen molar-refractivity contribution < 1.29 is 9.59 Å². The van der Waals surface area contributed by atoms with E-state index in [0.717, 1.165) is 0 Å². The molecule has 18 heavy (non-hydrogen) atoms. The Morgan fingerprint density at radius 1 is 0.833 bits per heavy atom. The molecule has 4 atom stereocenters. The predicted molar refractivity (Wildman–Crippen MR) is 67.6 cm³/mol. The van der Waals surface area contributed by atoms with Crippen LogP contribution >= 0.6 is 0 Å². The van der Waals surface area contributed by atoms with Crippen LogP contribution in [0.4, 0.5) is 0 Å². The van der Waals surface area contributed by atoms with Gasteiger partial charge in [0.25, 0.3) is 0 Å². The van der Waals surface area contributed by atoms with Crippen LogP contribution in [0, 0.1) is 11.8 Å². The maximum Gasteiger partial charge on any atom is 0.232 e. The number of hydrogen-bond donors (Lipinski definition) is 0. The Morgan fingerprint density at radius 3 is 1.56 bits per heavy atom. The third kappa shape index (κ3) is 1.32. The summed E-state index contributed by atoms with van der Waals surface area (Å²) in [6.45, 7) is 5.28. The van der Waals surface area contributed by atoms with Gasteiger partial charge in [-0.25, -0.2) is 0 Å². The number of carbonyl (C=O) groups is 2. The molecule has 96 valence electrons. The quantitative estimate of drug-likeness (QED) is 0.676. The molecule has 6 aliphatic rings. The van der Waals surface area contributed by atoms with Gasteiger partial charge in [-0.05, 0) is 13.8 Å². The van der Waals surface area contributed by atoms with Crippen LogP contribution in [0.15, 0.2) is 24.3 Å². The average Bonchev–Trinajstić information content (AvgIpc) is 2.35. The highest BCUT2D eigenvalue weighted by atomic mass is 16.2. The van der Waals surface area contributed by atoms with Gasteiger partial charge >= 0.3 is 0 Å². The van der Waals surface area contributed by atoms with Gasteiger partial charge in [0.05, 0.1) is 23.9 Å². The maximum absolute atomic E-state index is 12.5. The predicted octanol–water partition coefficient (Wildman–Crippen LogP) is 0.806. The Balaban J connectivity index is 2.12. The minimum Gasteiger partial charge on any atom is -0.335 e. The van der Waals surface area contributed by atoms with Gasteiger partial charge in [0.2, 0.25) is 11.8 Å². The van der Waals surface area contributed by atoms with Crippen molar-refractivity contribution in [3.63, 3.8) is 0 Å². The summed E-state index contributed by atoms with van der Waals surface area (Å²) in [6.07, 6.45) is 8.08. The third-order valence-corrected chi connectivity index (χ3v) is 4.30. The lowest BCUT2D eigenvalue weighted by atomic mass is 9.78. The highest BCUT2D eigenvalue weighted by Gasteiger charge is 2.48. The first-order chi connectivity index (χ1) is 8.69. The van der Waals surface area contributed by atoms with Crippen molar-refractivity contribution in [1.82, 2.24) is 9.80 Å². The molecule has 0 spiro atoms. The Kier molecular flexibility index (Phi) is 2.54. The van der Waals surface area contributed by atoms with Crippen molar-refractivity contribution in [1.29, 1.82) is 0 Å². The monoisotopic (exact) mass is 246 g/mol. The molecule has 0 saturated carbocycles. The van der Waals surface area contributed by atoms with Crippen molar-refractivity contribution in [3.05, 3.63) is 24.3 Å². The Morgan fingerprint density at radius 2 is 1.22 bits per heavy atom. The van der Waals surface area contributed by atoms with Crippen molar-refractivity contribution in [2.24, 2.45) is 11.8 Å². The van der Waals surface area contributed by atoms with Gasteiger partial charge in [-0.3, -0.25) is 9.59 Å². The molecule has 4 heteroatoms. The number of carbonyl (C=O) groups excluding carboxylic acids is 2. The fraction of sp³-hybridized carbons (Fsp3) is 0.571. The van der Waals surface area contributed by atoms with Crippen LogP contribution in [0.1, 0.15) is 13.8 Å². The summed E-state index contributed by atoms with van der Waals surface area (Å²) >= 11 is 0. The van der Waals surface area contributed by atoms with Crippen LogP contribution in [0.25, 0.3) is 0 Å². The van der Waals surface area contributed by atoms with Crippen molar-refractivity contribution >= 4 is 11.8 Å². The van der Waals surface area contributed by atoms with Crippen molar-refractivity contribution in [2.75, 3.05) is 13.1 Å². The first-order valence-corrected chi connectivity index (χ1v) is 6.66. The molecule has 0 aromatic rings. The number of nitrogens with zero attached hydrogens (tertiary/aromatic N) is 2. The SMILES string of the molecule is CCN1C(=O)[C@H]2C=C[C@H]1[C@@H]1C=C[C@@H]2N(CC)C1=O. The molecule has 4 bridgehead atoms. The summed E-state index contributed by atoms with van der Waals surface area (Å²) in [6, 6.07) is -0.199. The van der Waals surface area contributed by atoms with Crippen LogP contribution in [-0.2, 0) is 9.59 Å². The number of rotatable bonds is 2. The summed E-state index contributed by atoms with van der Waals surface area (Å²) in [5.41, 5.74) is 0. The van der Waals surface area contributed by atoms with E-state index in [4.69, 9.17) is 0 Å². The molecular weight excluding hydrogens is 228 g/mol. The van der Waals surface area contributed by atoms with Gasteiger partial charge in [0, 0.05) is 13.1 Å². The van der Waals surface area contributed by atoms with E-state index in [1.54, 1.807) is 0 Å². The van der Waals surface area contributed by atoms with E-state index >= 15 is 0 Å². The van der Waals surface area contributed by atoms with Crippen LogP contribution in [0.3, 0.4) is 0 Å². The molecule has 0 radical (unpaired) electrons. The number of hydrogen-bond acceptors (Lipinski definition) is 2. The second-order valence-electron chi connectivity index (χ2n) is 5.05. The number of likely N-dealkylation sites (N-methyl/N-ethyl adjacent to an activating group) is 2. The Bertz CT molecular complexity index is 413. The zero-order valence-electron chi connectivity index (χ0n) is 10.7. The van der Waals surface area contributed by atoms with Gasteiger partial charge in [0.15, 0.2) is 0 Å². The van der Waals surface area contributed by atoms with E-state index in [2.05, 4.69) is 0 Å². The van der Waals surface area contributed by atoms with Gasteiger partial charge in [-0.2, -0.15) is 0 Å². The minimum absolute atomic E-state index is 0.0993. The van der Waals surface area contributed by atoms with E-state index in [1.165, 1.54) is 0 Å². The second kappa shape index (κ2) is 3.97. The third-order valence-electron chi connectivity index (χ3n) is 4.30. The lowest BCUT2D eigenvalue weighted by Crippen LogP contribution is -2.62. The molecule has 2 amide bonds. The fourth-order valence-electron chi connectivity index (χ4n) is 3.40. The minimum atomic E-state index is -0.206. The van der Waals surface area contributed by atoms with E-state index in [1.807, 2.05) is 48.0 Å². The molecular formula is C14H18N2O2. The lowest BCUT2D eigenvalue weighted by Gasteiger charge is -2.49. The topological polar surface area (TPSA) is 40.6 Å². The van der Waals surface area contributed by atoms with Crippen LogP contribution in [0.5, 0.6) is 0 Å². The summed E-state index contributed by atoms with van der Waals surface area (Å²) in [5, 5.41) is 0. The van der Waals surface area contributed by atoms with E-state index in [9.17, 15) is 9.59 Å². The molecule has 1 aliphatic carbocycles. The zero-order valence-corrected chi connectivity index (χ0v) is 10.7. The summed E-state index contributed by atoms with van der Waals surface area (Å²) in [7, 11) is 0. The van der Waals surface area contributed by atoms with Crippen molar-refractivity contribution in [2.45, 2.75) is 25.9 Å². The summed E-state index contributed by atoms with van der Waals surface area (Å²) in [4.78, 5) is 28.6. The number of amides is 2. The molecule has 4 nitrogen and oxygen atoms in total. The second-order valence-corrected chi connectivity index (χ2v) is 5.05. The molecule has 0 unspecified atom stereocenters. The molecule has 6 rings (SSSR count). The standard InChI is InChI=1S/C14H18N2O2/c1-3-15-11-7-5-10(13(15)17)12-8-6-9(11)14(18)16(12)4-2/h5-12H,3-4H2,1-2H3/t9-,10-,11-,12-/m0/s1. The molecule has 1 fully saturated rings. The highest BCUT2D eigenvalue weighted by molar-refractivity contribution is 5.91. The zero-order chi connectivity index (χ0) is 12.9. The van der Waals surface area contributed by atoms with Gasteiger partial charge in [0.1, 0.15) is 0 Å². The first kappa shape index (κ1) is 11.5. The van der Waals surface area contributed by atoms with E-state index in [0.29, 0.717) is 13.1 Å². The highest BCUT2D eigenvalue weighted by Crippen LogP contribution is 2.36. The fourth-order valence-corrected chi connectivity index (χ4v) is 3.40. The van der Waals surface area contributed by atoms with Crippen LogP contribution in [0.2, 0.25) is 0 Å². The van der Waals surface area contributed by atoms with Gasteiger partial charge in [-0.1, -0.05) is 24.3 Å². The van der Waals surface area contributed by atoms with Crippen LogP contribution < -0.4 is 0 Å². The largest absolute Gasteiger partial charge is 0.335 e. The average molecular weight is 246 g/mol. The van der Waals surface area contributed by atoms with E-state index in [-0.39, 0.29) is 35.7 Å². The molecule has 0 aromatic carbocycles. The molecule has 0 N–H and O–H groups in total. The molecule has 5 heterocycles. The van der Waals surface area contributed by atoms with Gasteiger partial charge in [-0.15, -0.1) is 0 Å². The van der Waals surface area contributed by atoms with Crippen molar-refractivity contribution in [3.8, 4) is 0 Å². The first-order valence-electron chi connectivity index (χ1n) is 6.66. The molecule has 5 aliphatic heterocycles. The summed E-state index contributed by atoms with van der Waals surface area (Å²) in [5.74, 6) is -0.0872. The lowest BCUT2D eigenvalue weighted by molar-refractivity contribution is -0.150. The summed E-state index contributed by atoms with van der Waals surface area (Å²) < 4.78 is 0.